The van der Waals surface area contributed by atoms with Gasteiger partial charge in [-0.05, 0) is 35.9 Å². The van der Waals surface area contributed by atoms with Crippen molar-refractivity contribution in [3.8, 4) is 11.5 Å². The zero-order valence-corrected chi connectivity index (χ0v) is 15.3. The SMILES string of the molecule is Nc1nc(Cc2ccc3c(c2)OCO3)c2cc(Cl)ccc2n1.[Na]. The molecule has 2 heterocycles. The van der Waals surface area contributed by atoms with Crippen molar-refractivity contribution in [3.05, 3.63) is 52.7 Å². The van der Waals surface area contributed by atoms with E-state index in [9.17, 15) is 0 Å². The van der Waals surface area contributed by atoms with Crippen LogP contribution in [-0.2, 0) is 6.42 Å². The Labute approximate surface area is 160 Å². The summed E-state index contributed by atoms with van der Waals surface area (Å²) in [6, 6.07) is 11.3. The largest absolute Gasteiger partial charge is 0.454 e. The number of hydrogen-bond donors (Lipinski definition) is 1. The molecule has 1 radical (unpaired) electrons. The molecule has 4 rings (SSSR count). The van der Waals surface area contributed by atoms with Crippen molar-refractivity contribution in [1.82, 2.24) is 9.97 Å². The fraction of sp³-hybridized carbons (Fsp3) is 0.125. The van der Waals surface area contributed by atoms with Gasteiger partial charge < -0.3 is 15.2 Å². The van der Waals surface area contributed by atoms with Crippen molar-refractivity contribution < 1.29 is 9.47 Å². The topological polar surface area (TPSA) is 70.3 Å². The molecule has 0 amide bonds. The van der Waals surface area contributed by atoms with Crippen LogP contribution in [0.25, 0.3) is 10.9 Å². The van der Waals surface area contributed by atoms with Gasteiger partial charge in [0.05, 0.1) is 11.2 Å². The molecule has 1 aromatic heterocycles. The van der Waals surface area contributed by atoms with Crippen LogP contribution in [0.2, 0.25) is 5.02 Å². The summed E-state index contributed by atoms with van der Waals surface area (Å²) in [4.78, 5) is 8.61. The van der Waals surface area contributed by atoms with Crippen LogP contribution in [0.1, 0.15) is 11.3 Å². The van der Waals surface area contributed by atoms with E-state index in [1.165, 1.54) is 0 Å². The number of ether oxygens (including phenoxy) is 2. The van der Waals surface area contributed by atoms with Crippen LogP contribution < -0.4 is 15.2 Å². The van der Waals surface area contributed by atoms with E-state index < -0.39 is 0 Å². The van der Waals surface area contributed by atoms with Gasteiger partial charge in [0.1, 0.15) is 0 Å². The average molecular weight is 337 g/mol. The van der Waals surface area contributed by atoms with Crippen molar-refractivity contribution in [1.29, 1.82) is 0 Å². The van der Waals surface area contributed by atoms with Crippen LogP contribution in [0.5, 0.6) is 11.5 Å². The Morgan fingerprint density at radius 2 is 1.87 bits per heavy atom. The number of rotatable bonds is 2. The first-order valence-corrected chi connectivity index (χ1v) is 7.17. The summed E-state index contributed by atoms with van der Waals surface area (Å²) in [6.45, 7) is 0.262. The van der Waals surface area contributed by atoms with Crippen molar-refractivity contribution >= 4 is 58.0 Å². The first kappa shape index (κ1) is 16.3. The summed E-state index contributed by atoms with van der Waals surface area (Å²) in [7, 11) is 0. The number of anilines is 1. The Balaban J connectivity index is 0.00000156. The van der Waals surface area contributed by atoms with Gasteiger partial charge in [-0.15, -0.1) is 0 Å². The molecule has 5 nitrogen and oxygen atoms in total. The first-order valence-electron chi connectivity index (χ1n) is 6.79. The Kier molecular flexibility index (Phi) is 4.64. The summed E-state index contributed by atoms with van der Waals surface area (Å²) >= 11 is 6.09. The third-order valence-corrected chi connectivity index (χ3v) is 3.80. The summed E-state index contributed by atoms with van der Waals surface area (Å²) in [5, 5.41) is 1.55. The van der Waals surface area contributed by atoms with Gasteiger partial charge >= 0.3 is 0 Å². The number of nitrogen functional groups attached to an aromatic ring is 1. The second-order valence-corrected chi connectivity index (χ2v) is 5.49. The van der Waals surface area contributed by atoms with Crippen LogP contribution in [0.3, 0.4) is 0 Å². The number of benzene rings is 2. The number of nitrogens with zero attached hydrogens (tertiary/aromatic N) is 2. The Hall–Kier alpha value is -1.53. The minimum absolute atomic E-state index is 0. The number of halogens is 1. The summed E-state index contributed by atoms with van der Waals surface area (Å²) in [6.07, 6.45) is 0.611. The molecule has 2 N–H and O–H groups in total. The van der Waals surface area contributed by atoms with Gasteiger partial charge in [0.2, 0.25) is 12.7 Å². The van der Waals surface area contributed by atoms with E-state index in [0.717, 1.165) is 33.7 Å². The van der Waals surface area contributed by atoms with Crippen LogP contribution in [0.15, 0.2) is 36.4 Å². The fourth-order valence-electron chi connectivity index (χ4n) is 2.56. The predicted octanol–water partition coefficient (Wildman–Crippen LogP) is 2.80. The molecule has 111 valence electrons. The fourth-order valence-corrected chi connectivity index (χ4v) is 2.73. The molecular weight excluding hydrogens is 325 g/mol. The molecule has 2 aromatic carbocycles. The zero-order valence-electron chi connectivity index (χ0n) is 12.5. The Bertz CT molecular complexity index is 889. The maximum absolute atomic E-state index is 6.09. The monoisotopic (exact) mass is 336 g/mol. The van der Waals surface area contributed by atoms with Crippen molar-refractivity contribution in [2.75, 3.05) is 12.5 Å². The molecular formula is C16H12ClN3NaO2. The molecule has 0 unspecified atom stereocenters. The molecule has 7 heteroatoms. The molecule has 1 aliphatic rings. The van der Waals surface area contributed by atoms with E-state index in [2.05, 4.69) is 9.97 Å². The van der Waals surface area contributed by atoms with Crippen LogP contribution >= 0.6 is 11.6 Å². The summed E-state index contributed by atoms with van der Waals surface area (Å²) < 4.78 is 10.7. The predicted molar refractivity (Wildman–Crippen MR) is 90.1 cm³/mol. The molecule has 0 bridgehead atoms. The van der Waals surface area contributed by atoms with E-state index in [-0.39, 0.29) is 42.3 Å². The van der Waals surface area contributed by atoms with Crippen molar-refractivity contribution in [2.45, 2.75) is 6.42 Å². The average Bonchev–Trinajstić information content (AvgIpc) is 2.95. The van der Waals surface area contributed by atoms with Gasteiger partial charge in [0.25, 0.3) is 0 Å². The van der Waals surface area contributed by atoms with Gasteiger partial charge in [-0.25, -0.2) is 9.97 Å². The van der Waals surface area contributed by atoms with Gasteiger partial charge in [-0.1, -0.05) is 17.7 Å². The summed E-state index contributed by atoms with van der Waals surface area (Å²) in [5.41, 5.74) is 8.49. The molecule has 0 saturated carbocycles. The van der Waals surface area contributed by atoms with Gasteiger partial charge in [-0.2, -0.15) is 0 Å². The molecule has 0 aliphatic carbocycles. The minimum Gasteiger partial charge on any atom is -0.454 e. The summed E-state index contributed by atoms with van der Waals surface area (Å²) in [5.74, 6) is 1.77. The molecule has 23 heavy (non-hydrogen) atoms. The second kappa shape index (κ2) is 6.53. The Morgan fingerprint density at radius 1 is 1.04 bits per heavy atom. The molecule has 0 saturated heterocycles. The standard InChI is InChI=1S/C16H12ClN3O2.Na/c17-10-2-3-12-11(7-10)13(20-16(18)19-12)5-9-1-4-14-15(6-9)22-8-21-14;/h1-4,6-7H,5,8H2,(H2,18,19,20);. The van der Waals surface area contributed by atoms with Crippen LogP contribution in [-0.4, -0.2) is 46.3 Å². The third kappa shape index (κ3) is 3.23. The Morgan fingerprint density at radius 3 is 2.74 bits per heavy atom. The van der Waals surface area contributed by atoms with E-state index in [1.54, 1.807) is 6.07 Å². The number of hydrogen-bond acceptors (Lipinski definition) is 5. The van der Waals surface area contributed by atoms with Gasteiger partial charge in [0.15, 0.2) is 11.5 Å². The first-order chi connectivity index (χ1) is 10.7. The van der Waals surface area contributed by atoms with Gasteiger partial charge in [0, 0.05) is 46.4 Å². The molecule has 1 aliphatic heterocycles. The molecule has 0 spiro atoms. The van der Waals surface area contributed by atoms with E-state index in [0.29, 0.717) is 11.4 Å². The van der Waals surface area contributed by atoms with Crippen molar-refractivity contribution in [3.63, 3.8) is 0 Å². The quantitative estimate of drug-likeness (QED) is 0.729. The maximum atomic E-state index is 6.09. The zero-order chi connectivity index (χ0) is 15.1. The molecule has 0 atom stereocenters. The normalized spacial score (nSPS) is 12.2. The van der Waals surface area contributed by atoms with E-state index in [4.69, 9.17) is 26.8 Å². The number of fused-ring (bicyclic) bond motifs is 2. The third-order valence-electron chi connectivity index (χ3n) is 3.56. The number of aromatic nitrogens is 2. The van der Waals surface area contributed by atoms with Gasteiger partial charge in [-0.3, -0.25) is 0 Å². The minimum atomic E-state index is 0. The van der Waals surface area contributed by atoms with E-state index >= 15 is 0 Å². The van der Waals surface area contributed by atoms with Crippen LogP contribution in [0.4, 0.5) is 5.95 Å². The second-order valence-electron chi connectivity index (χ2n) is 5.05. The molecule has 0 fully saturated rings. The van der Waals surface area contributed by atoms with Crippen LogP contribution in [0, 0.1) is 0 Å². The number of nitrogens with two attached hydrogens (primary N) is 1. The molecule has 3 aromatic rings. The van der Waals surface area contributed by atoms with E-state index in [1.807, 2.05) is 30.3 Å². The van der Waals surface area contributed by atoms with Crippen molar-refractivity contribution in [2.24, 2.45) is 0 Å². The smallest absolute Gasteiger partial charge is 0.231 e. The maximum Gasteiger partial charge on any atom is 0.231 e.